The van der Waals surface area contributed by atoms with E-state index in [2.05, 4.69) is 84.6 Å². The maximum Gasteiger partial charge on any atom is 0.335 e. The van der Waals surface area contributed by atoms with Crippen molar-refractivity contribution in [2.75, 3.05) is 29.6 Å². The van der Waals surface area contributed by atoms with Gasteiger partial charge < -0.3 is 14.9 Å². The Labute approximate surface area is 227 Å². The molecular formula is C30H33N3O2S2. The van der Waals surface area contributed by atoms with Crippen molar-refractivity contribution in [1.29, 1.82) is 0 Å². The summed E-state index contributed by atoms with van der Waals surface area (Å²) in [6.07, 6.45) is 0. The third-order valence-electron chi connectivity index (χ3n) is 5.97. The Morgan fingerprint density at radius 3 is 2.08 bits per heavy atom. The molecule has 0 saturated heterocycles. The number of thiazole rings is 1. The van der Waals surface area contributed by atoms with E-state index in [4.69, 9.17) is 10.1 Å². The number of aromatic carboxylic acids is 1. The van der Waals surface area contributed by atoms with E-state index in [1.165, 1.54) is 16.1 Å². The lowest BCUT2D eigenvalue weighted by Crippen LogP contribution is -2.16. The monoisotopic (exact) mass is 531 g/mol. The first kappa shape index (κ1) is 26.8. The summed E-state index contributed by atoms with van der Waals surface area (Å²) in [7, 11) is 4.12. The van der Waals surface area contributed by atoms with Gasteiger partial charge in [-0.15, -0.1) is 23.1 Å². The van der Waals surface area contributed by atoms with Crippen LogP contribution in [0.3, 0.4) is 0 Å². The van der Waals surface area contributed by atoms with E-state index in [1.54, 1.807) is 23.5 Å². The van der Waals surface area contributed by atoms with Crippen molar-refractivity contribution in [1.82, 2.24) is 4.98 Å². The van der Waals surface area contributed by atoms with Gasteiger partial charge in [0.2, 0.25) is 0 Å². The van der Waals surface area contributed by atoms with Gasteiger partial charge in [0, 0.05) is 54.5 Å². The number of carbonyl (C=O) groups is 1. The van der Waals surface area contributed by atoms with Gasteiger partial charge in [0.05, 0.1) is 11.3 Å². The fourth-order valence-electron chi connectivity index (χ4n) is 3.87. The Morgan fingerprint density at radius 1 is 0.892 bits per heavy atom. The number of nitrogens with zero attached hydrogens (tertiary/aromatic N) is 3. The van der Waals surface area contributed by atoms with Crippen molar-refractivity contribution in [2.24, 2.45) is 5.92 Å². The lowest BCUT2D eigenvalue weighted by molar-refractivity contribution is 0.0697. The summed E-state index contributed by atoms with van der Waals surface area (Å²) in [5.41, 5.74) is 5.85. The van der Waals surface area contributed by atoms with Crippen LogP contribution in [-0.2, 0) is 13.1 Å². The molecule has 3 aromatic carbocycles. The summed E-state index contributed by atoms with van der Waals surface area (Å²) in [5, 5.41) is 12.1. The van der Waals surface area contributed by atoms with Gasteiger partial charge in [-0.3, -0.25) is 0 Å². The van der Waals surface area contributed by atoms with Crippen molar-refractivity contribution in [3.05, 3.63) is 94.9 Å². The van der Waals surface area contributed by atoms with Gasteiger partial charge in [-0.25, -0.2) is 9.78 Å². The van der Waals surface area contributed by atoms with Gasteiger partial charge in [-0.05, 0) is 53.4 Å². The molecule has 0 bridgehead atoms. The number of hydrogen-bond acceptors (Lipinski definition) is 6. The van der Waals surface area contributed by atoms with Crippen molar-refractivity contribution >= 4 is 39.9 Å². The summed E-state index contributed by atoms with van der Waals surface area (Å²) >= 11 is 3.52. The highest BCUT2D eigenvalue weighted by atomic mass is 32.2. The molecule has 1 aromatic heterocycles. The lowest BCUT2D eigenvalue weighted by atomic mass is 10.1. The van der Waals surface area contributed by atoms with Crippen LogP contribution in [-0.4, -0.2) is 35.9 Å². The summed E-state index contributed by atoms with van der Waals surface area (Å²) in [6, 6.07) is 24.4. The number of rotatable bonds is 11. The second-order valence-electron chi connectivity index (χ2n) is 9.63. The molecule has 0 saturated carbocycles. The molecule has 0 spiro atoms. The van der Waals surface area contributed by atoms with Crippen LogP contribution < -0.4 is 9.80 Å². The molecular weight excluding hydrogens is 498 g/mol. The highest BCUT2D eigenvalue weighted by Gasteiger charge is 2.11. The predicted molar refractivity (Wildman–Crippen MR) is 157 cm³/mol. The van der Waals surface area contributed by atoms with Crippen LogP contribution in [0, 0.1) is 5.92 Å². The molecule has 1 N–H and O–H groups in total. The first-order valence-corrected chi connectivity index (χ1v) is 14.2. The SMILES string of the molecule is CC(C)CSc1ccc(CN(C)c2ccc(-c3csc(N(C)Cc4ccc(C(=O)O)cc4)n3)cc2)cc1. The molecule has 4 aromatic rings. The molecule has 0 aliphatic rings. The average Bonchev–Trinajstić information content (AvgIpc) is 3.39. The number of anilines is 2. The van der Waals surface area contributed by atoms with E-state index in [1.807, 2.05) is 30.9 Å². The fraction of sp³-hybridized carbons (Fsp3) is 0.267. The zero-order chi connectivity index (χ0) is 26.4. The molecule has 37 heavy (non-hydrogen) atoms. The van der Waals surface area contributed by atoms with Crippen molar-refractivity contribution in [3.63, 3.8) is 0 Å². The standard InChI is InChI=1S/C30H33N3O2S2/c1-21(2)19-36-27-15-7-23(8-16-27)17-32(3)26-13-11-24(12-14-26)28-20-37-30(31-28)33(4)18-22-5-9-25(10-6-22)29(34)35/h5-16,20-21H,17-19H2,1-4H3,(H,34,35). The molecule has 0 aliphatic heterocycles. The molecule has 0 amide bonds. The molecule has 7 heteroatoms. The van der Waals surface area contributed by atoms with Gasteiger partial charge in [-0.2, -0.15) is 0 Å². The zero-order valence-corrected chi connectivity index (χ0v) is 23.4. The normalized spacial score (nSPS) is 11.1. The van der Waals surface area contributed by atoms with E-state index in [0.29, 0.717) is 18.0 Å². The van der Waals surface area contributed by atoms with E-state index in [9.17, 15) is 4.79 Å². The van der Waals surface area contributed by atoms with E-state index < -0.39 is 5.97 Å². The number of hydrogen-bond donors (Lipinski definition) is 1. The quantitative estimate of drug-likeness (QED) is 0.202. The molecule has 0 atom stereocenters. The molecule has 0 unspecified atom stereocenters. The number of benzene rings is 3. The molecule has 4 rings (SSSR count). The molecule has 5 nitrogen and oxygen atoms in total. The summed E-state index contributed by atoms with van der Waals surface area (Å²) in [6.45, 7) is 6.02. The number of carboxylic acid groups (broad SMARTS) is 1. The van der Waals surface area contributed by atoms with Gasteiger partial charge in [-0.1, -0.05) is 50.2 Å². The van der Waals surface area contributed by atoms with Gasteiger partial charge >= 0.3 is 5.97 Å². The zero-order valence-electron chi connectivity index (χ0n) is 21.7. The van der Waals surface area contributed by atoms with Crippen molar-refractivity contribution in [2.45, 2.75) is 31.8 Å². The van der Waals surface area contributed by atoms with Crippen molar-refractivity contribution < 1.29 is 9.90 Å². The van der Waals surface area contributed by atoms with Crippen molar-refractivity contribution in [3.8, 4) is 11.3 Å². The Kier molecular flexibility index (Phi) is 8.90. The third-order valence-corrected chi connectivity index (χ3v) is 8.36. The van der Waals surface area contributed by atoms with Crippen LogP contribution in [0.15, 0.2) is 83.1 Å². The number of aromatic nitrogens is 1. The molecule has 0 fully saturated rings. The van der Waals surface area contributed by atoms with Crippen LogP contribution in [0.25, 0.3) is 11.3 Å². The average molecular weight is 532 g/mol. The Morgan fingerprint density at radius 2 is 1.49 bits per heavy atom. The molecule has 192 valence electrons. The number of thioether (sulfide) groups is 1. The van der Waals surface area contributed by atoms with Crippen LogP contribution in [0.5, 0.6) is 0 Å². The smallest absolute Gasteiger partial charge is 0.335 e. The summed E-state index contributed by atoms with van der Waals surface area (Å²) in [4.78, 5) is 21.6. The minimum Gasteiger partial charge on any atom is -0.478 e. The van der Waals surface area contributed by atoms with Gasteiger partial charge in [0.1, 0.15) is 0 Å². The second kappa shape index (κ2) is 12.3. The Hall–Kier alpha value is -3.29. The van der Waals surface area contributed by atoms with Crippen LogP contribution in [0.1, 0.15) is 35.3 Å². The highest BCUT2D eigenvalue weighted by Crippen LogP contribution is 2.29. The first-order chi connectivity index (χ1) is 17.8. The third kappa shape index (κ3) is 7.37. The first-order valence-electron chi connectivity index (χ1n) is 12.3. The maximum atomic E-state index is 11.1. The molecule has 1 heterocycles. The molecule has 0 aliphatic carbocycles. The minimum absolute atomic E-state index is 0.297. The van der Waals surface area contributed by atoms with E-state index >= 15 is 0 Å². The maximum absolute atomic E-state index is 11.1. The Bertz CT molecular complexity index is 1300. The lowest BCUT2D eigenvalue weighted by Gasteiger charge is -2.20. The van der Waals surface area contributed by atoms with Gasteiger partial charge in [0.15, 0.2) is 5.13 Å². The number of carboxylic acids is 1. The second-order valence-corrected chi connectivity index (χ2v) is 11.6. The summed E-state index contributed by atoms with van der Waals surface area (Å²) in [5.74, 6) is 0.928. The fourth-order valence-corrected chi connectivity index (χ4v) is 5.53. The van der Waals surface area contributed by atoms with Crippen LogP contribution in [0.2, 0.25) is 0 Å². The minimum atomic E-state index is -0.910. The summed E-state index contributed by atoms with van der Waals surface area (Å²) < 4.78 is 0. The van der Waals surface area contributed by atoms with Gasteiger partial charge in [0.25, 0.3) is 0 Å². The highest BCUT2D eigenvalue weighted by molar-refractivity contribution is 7.99. The van der Waals surface area contributed by atoms with Crippen LogP contribution >= 0.6 is 23.1 Å². The largest absolute Gasteiger partial charge is 0.478 e. The topological polar surface area (TPSA) is 56.7 Å². The van der Waals surface area contributed by atoms with E-state index in [0.717, 1.165) is 34.2 Å². The Balaban J connectivity index is 1.35. The predicted octanol–water partition coefficient (Wildman–Crippen LogP) is 7.53. The van der Waals surface area contributed by atoms with Crippen LogP contribution in [0.4, 0.5) is 10.8 Å². The van der Waals surface area contributed by atoms with E-state index in [-0.39, 0.29) is 0 Å². The molecule has 0 radical (unpaired) electrons.